The molecule has 1 aliphatic rings. The summed E-state index contributed by atoms with van der Waals surface area (Å²) in [6.07, 6.45) is 2.26. The number of rotatable bonds is 5. The van der Waals surface area contributed by atoms with Gasteiger partial charge in [-0.2, -0.15) is 5.10 Å². The molecule has 3 rings (SSSR count). The average molecular weight is 310 g/mol. The second kappa shape index (κ2) is 6.52. The number of aromatic hydroxyl groups is 1. The van der Waals surface area contributed by atoms with E-state index in [-0.39, 0.29) is 23.5 Å². The molecule has 5 nitrogen and oxygen atoms in total. The molecule has 0 saturated heterocycles. The highest BCUT2D eigenvalue weighted by molar-refractivity contribution is 5.87. The van der Waals surface area contributed by atoms with E-state index in [9.17, 15) is 9.90 Å². The summed E-state index contributed by atoms with van der Waals surface area (Å²) in [6, 6.07) is 15.1. The number of nitrogens with one attached hydrogen (secondary N) is 1. The van der Waals surface area contributed by atoms with Crippen molar-refractivity contribution in [2.24, 2.45) is 11.0 Å². The molecule has 1 saturated carbocycles. The first kappa shape index (κ1) is 15.1. The van der Waals surface area contributed by atoms with Crippen molar-refractivity contribution in [1.29, 1.82) is 0 Å². The number of amides is 1. The first-order chi connectivity index (χ1) is 11.2. The lowest BCUT2D eigenvalue weighted by atomic mass is 10.1. The van der Waals surface area contributed by atoms with Crippen LogP contribution >= 0.6 is 0 Å². The number of para-hydroxylation sites is 1. The SMILES string of the molecule is COc1cccc(/C=N/NC(=O)[C@H]2C[C@H]2c2ccccc2)c1O. The van der Waals surface area contributed by atoms with Gasteiger partial charge in [-0.25, -0.2) is 5.43 Å². The Morgan fingerprint density at radius 1 is 1.26 bits per heavy atom. The summed E-state index contributed by atoms with van der Waals surface area (Å²) in [7, 11) is 1.48. The van der Waals surface area contributed by atoms with Gasteiger partial charge in [-0.05, 0) is 30.0 Å². The largest absolute Gasteiger partial charge is 0.504 e. The minimum absolute atomic E-state index is 0.00147. The molecule has 1 fully saturated rings. The summed E-state index contributed by atoms with van der Waals surface area (Å²) in [5.41, 5.74) is 4.20. The fourth-order valence-electron chi connectivity index (χ4n) is 2.61. The van der Waals surface area contributed by atoms with Crippen LogP contribution in [0.3, 0.4) is 0 Å². The molecule has 5 heteroatoms. The van der Waals surface area contributed by atoms with Gasteiger partial charge in [0.05, 0.1) is 13.3 Å². The third-order valence-corrected chi connectivity index (χ3v) is 3.98. The summed E-state index contributed by atoms with van der Waals surface area (Å²) in [5, 5.41) is 13.9. The lowest BCUT2D eigenvalue weighted by molar-refractivity contribution is -0.122. The molecule has 0 aliphatic heterocycles. The van der Waals surface area contributed by atoms with Crippen molar-refractivity contribution in [3.05, 3.63) is 59.7 Å². The summed E-state index contributed by atoms with van der Waals surface area (Å²) in [6.45, 7) is 0. The molecule has 2 atom stereocenters. The van der Waals surface area contributed by atoms with Crippen molar-refractivity contribution in [3.63, 3.8) is 0 Å². The van der Waals surface area contributed by atoms with E-state index in [0.29, 0.717) is 11.3 Å². The first-order valence-corrected chi connectivity index (χ1v) is 7.44. The number of hydrogen-bond acceptors (Lipinski definition) is 4. The van der Waals surface area contributed by atoms with Crippen molar-refractivity contribution in [1.82, 2.24) is 5.43 Å². The quantitative estimate of drug-likeness (QED) is 0.659. The highest BCUT2D eigenvalue weighted by Crippen LogP contribution is 2.47. The number of carbonyl (C=O) groups excluding carboxylic acids is 1. The molecular weight excluding hydrogens is 292 g/mol. The average Bonchev–Trinajstić information content (AvgIpc) is 3.38. The van der Waals surface area contributed by atoms with Crippen LogP contribution in [0, 0.1) is 5.92 Å². The van der Waals surface area contributed by atoms with Crippen LogP contribution in [0.1, 0.15) is 23.5 Å². The molecule has 0 radical (unpaired) electrons. The molecule has 2 aromatic carbocycles. The predicted molar refractivity (Wildman–Crippen MR) is 87.7 cm³/mol. The molecule has 2 N–H and O–H groups in total. The number of hydrogen-bond donors (Lipinski definition) is 2. The number of nitrogens with zero attached hydrogens (tertiary/aromatic N) is 1. The number of carbonyl (C=O) groups is 1. The maximum absolute atomic E-state index is 12.1. The van der Waals surface area contributed by atoms with E-state index in [4.69, 9.17) is 4.74 Å². The lowest BCUT2D eigenvalue weighted by Crippen LogP contribution is -2.20. The van der Waals surface area contributed by atoms with Crippen LogP contribution in [0.5, 0.6) is 11.5 Å². The van der Waals surface area contributed by atoms with Gasteiger partial charge in [0.1, 0.15) is 0 Å². The van der Waals surface area contributed by atoms with E-state index in [1.165, 1.54) is 18.9 Å². The predicted octanol–water partition coefficient (Wildman–Crippen LogP) is 2.65. The maximum Gasteiger partial charge on any atom is 0.243 e. The van der Waals surface area contributed by atoms with E-state index >= 15 is 0 Å². The van der Waals surface area contributed by atoms with Crippen molar-refractivity contribution in [2.45, 2.75) is 12.3 Å². The molecule has 0 heterocycles. The van der Waals surface area contributed by atoms with Gasteiger partial charge >= 0.3 is 0 Å². The number of ether oxygens (including phenoxy) is 1. The fourth-order valence-corrected chi connectivity index (χ4v) is 2.61. The van der Waals surface area contributed by atoms with E-state index in [2.05, 4.69) is 10.5 Å². The van der Waals surface area contributed by atoms with Gasteiger partial charge in [-0.15, -0.1) is 0 Å². The smallest absolute Gasteiger partial charge is 0.243 e. The van der Waals surface area contributed by atoms with Crippen LogP contribution in [0.25, 0.3) is 0 Å². The van der Waals surface area contributed by atoms with Crippen LogP contribution in [0.15, 0.2) is 53.6 Å². The molecule has 1 aliphatic carbocycles. The van der Waals surface area contributed by atoms with Gasteiger partial charge in [0.2, 0.25) is 5.91 Å². The normalized spacial score (nSPS) is 19.5. The topological polar surface area (TPSA) is 70.9 Å². The number of benzene rings is 2. The molecule has 23 heavy (non-hydrogen) atoms. The zero-order valence-corrected chi connectivity index (χ0v) is 12.8. The van der Waals surface area contributed by atoms with E-state index < -0.39 is 0 Å². The van der Waals surface area contributed by atoms with Crippen LogP contribution in [0.2, 0.25) is 0 Å². The zero-order chi connectivity index (χ0) is 16.2. The monoisotopic (exact) mass is 310 g/mol. The summed E-state index contributed by atoms with van der Waals surface area (Å²) < 4.78 is 5.03. The molecule has 1 amide bonds. The zero-order valence-electron chi connectivity index (χ0n) is 12.8. The van der Waals surface area contributed by atoms with Gasteiger partial charge < -0.3 is 9.84 Å². The standard InChI is InChI=1S/C18H18N2O3/c1-23-16-9-5-8-13(17(16)21)11-19-20-18(22)15-10-14(15)12-6-3-2-4-7-12/h2-9,11,14-15,21H,10H2,1H3,(H,20,22)/b19-11+/t14-,15-/m0/s1. The van der Waals surface area contributed by atoms with Gasteiger partial charge in [-0.3, -0.25) is 4.79 Å². The summed E-state index contributed by atoms with van der Waals surface area (Å²) >= 11 is 0. The van der Waals surface area contributed by atoms with Crippen LogP contribution in [-0.4, -0.2) is 24.3 Å². The molecule has 0 unspecified atom stereocenters. The second-order valence-corrected chi connectivity index (χ2v) is 5.49. The lowest BCUT2D eigenvalue weighted by Gasteiger charge is -2.05. The second-order valence-electron chi connectivity index (χ2n) is 5.49. The Balaban J connectivity index is 1.58. The van der Waals surface area contributed by atoms with Crippen LogP contribution in [0.4, 0.5) is 0 Å². The van der Waals surface area contributed by atoms with Crippen molar-refractivity contribution >= 4 is 12.1 Å². The van der Waals surface area contributed by atoms with Crippen molar-refractivity contribution in [3.8, 4) is 11.5 Å². The minimum Gasteiger partial charge on any atom is -0.504 e. The summed E-state index contributed by atoms with van der Waals surface area (Å²) in [4.78, 5) is 12.1. The summed E-state index contributed by atoms with van der Waals surface area (Å²) in [5.74, 6) is 0.510. The molecular formula is C18H18N2O3. The first-order valence-electron chi connectivity index (χ1n) is 7.44. The Morgan fingerprint density at radius 3 is 2.78 bits per heavy atom. The molecule has 0 bridgehead atoms. The third-order valence-electron chi connectivity index (χ3n) is 3.98. The maximum atomic E-state index is 12.1. The van der Waals surface area contributed by atoms with E-state index in [1.807, 2.05) is 30.3 Å². The van der Waals surface area contributed by atoms with Gasteiger partial charge in [0.15, 0.2) is 11.5 Å². The minimum atomic E-state index is -0.0995. The molecule has 0 aromatic heterocycles. The number of methoxy groups -OCH3 is 1. The molecule has 118 valence electrons. The Hall–Kier alpha value is -2.82. The van der Waals surface area contributed by atoms with Crippen LogP contribution < -0.4 is 10.2 Å². The third kappa shape index (κ3) is 3.34. The number of phenols is 1. The number of phenolic OH excluding ortho intramolecular Hbond substituents is 1. The van der Waals surface area contributed by atoms with Gasteiger partial charge in [-0.1, -0.05) is 36.4 Å². The Labute approximate surface area is 134 Å². The highest BCUT2D eigenvalue weighted by atomic mass is 16.5. The van der Waals surface area contributed by atoms with Gasteiger partial charge in [0, 0.05) is 11.5 Å². The molecule has 2 aromatic rings. The Bertz CT molecular complexity index is 728. The van der Waals surface area contributed by atoms with Crippen LogP contribution in [-0.2, 0) is 4.79 Å². The van der Waals surface area contributed by atoms with Crippen molar-refractivity contribution in [2.75, 3.05) is 7.11 Å². The van der Waals surface area contributed by atoms with Gasteiger partial charge in [0.25, 0.3) is 0 Å². The van der Waals surface area contributed by atoms with E-state index in [1.54, 1.807) is 18.2 Å². The van der Waals surface area contributed by atoms with Crippen molar-refractivity contribution < 1.29 is 14.6 Å². The molecule has 0 spiro atoms. The fraction of sp³-hybridized carbons (Fsp3) is 0.222. The van der Waals surface area contributed by atoms with E-state index in [0.717, 1.165) is 6.42 Å². The highest BCUT2D eigenvalue weighted by Gasteiger charge is 2.43. The Morgan fingerprint density at radius 2 is 2.04 bits per heavy atom. The Kier molecular flexibility index (Phi) is 4.28. The number of hydrazone groups is 1.